The van der Waals surface area contributed by atoms with Gasteiger partial charge in [-0.15, -0.1) is 11.3 Å². The molecule has 4 heterocycles. The number of hydrogen-bond acceptors (Lipinski definition) is 6. The highest BCUT2D eigenvalue weighted by Crippen LogP contribution is 2.52. The lowest BCUT2D eigenvalue weighted by Crippen LogP contribution is -2.42. The third-order valence-electron chi connectivity index (χ3n) is 7.25. The zero-order valence-corrected chi connectivity index (χ0v) is 21.0. The van der Waals surface area contributed by atoms with E-state index >= 15 is 0 Å². The van der Waals surface area contributed by atoms with E-state index in [4.69, 9.17) is 21.0 Å². The van der Waals surface area contributed by atoms with E-state index in [0.717, 1.165) is 54.8 Å². The van der Waals surface area contributed by atoms with Crippen molar-refractivity contribution in [2.75, 3.05) is 18.4 Å². The minimum absolute atomic E-state index is 0.00983. The molecule has 0 radical (unpaired) electrons. The molecule has 10 heteroatoms. The first-order valence-electron chi connectivity index (χ1n) is 11.8. The van der Waals surface area contributed by atoms with Gasteiger partial charge in [0.15, 0.2) is 12.2 Å². The van der Waals surface area contributed by atoms with Crippen LogP contribution in [0.3, 0.4) is 0 Å². The van der Waals surface area contributed by atoms with E-state index in [-0.39, 0.29) is 17.2 Å². The Morgan fingerprint density at radius 3 is 2.94 bits per heavy atom. The molecule has 0 atom stereocenters. The second kappa shape index (κ2) is 8.90. The van der Waals surface area contributed by atoms with Gasteiger partial charge in [0.2, 0.25) is 11.9 Å². The summed E-state index contributed by atoms with van der Waals surface area (Å²) in [6.45, 7) is 5.92. The van der Waals surface area contributed by atoms with Crippen molar-refractivity contribution in [3.8, 4) is 10.6 Å². The second-order valence-electron chi connectivity index (χ2n) is 9.65. The number of likely N-dealkylation sites (tertiary alicyclic amines) is 1. The maximum atomic E-state index is 13.1. The van der Waals surface area contributed by atoms with Crippen LogP contribution < -0.4 is 5.32 Å². The highest BCUT2D eigenvalue weighted by molar-refractivity contribution is 7.17. The smallest absolute Gasteiger partial charge is 0.268 e. The van der Waals surface area contributed by atoms with Gasteiger partial charge in [-0.25, -0.2) is 9.97 Å². The first-order valence-corrected chi connectivity index (χ1v) is 13.0. The Hall–Kier alpha value is -3.43. The fourth-order valence-electron chi connectivity index (χ4n) is 5.61. The van der Waals surface area contributed by atoms with Gasteiger partial charge < -0.3 is 13.9 Å². The second-order valence-corrected chi connectivity index (χ2v) is 11.2. The molecule has 1 spiro atoms. The summed E-state index contributed by atoms with van der Waals surface area (Å²) in [5.41, 5.74) is 1.86. The van der Waals surface area contributed by atoms with Gasteiger partial charge in [0.05, 0.1) is 27.0 Å². The number of aromatic nitrogens is 3. The lowest BCUT2D eigenvalue weighted by atomic mass is 9.61. The number of imidazole rings is 1. The number of fused-ring (bicyclic) bond motifs is 1. The topological polar surface area (TPSA) is 93.3 Å². The van der Waals surface area contributed by atoms with Crippen LogP contribution in [0.2, 0.25) is 5.02 Å². The van der Waals surface area contributed by atoms with E-state index in [1.165, 1.54) is 23.8 Å². The lowest BCUT2D eigenvalue weighted by Gasteiger charge is -2.45. The highest BCUT2D eigenvalue weighted by Gasteiger charge is 2.49. The van der Waals surface area contributed by atoms with Crippen LogP contribution in [0.4, 0.5) is 5.95 Å². The lowest BCUT2D eigenvalue weighted by molar-refractivity contribution is -0.125. The summed E-state index contributed by atoms with van der Waals surface area (Å²) in [7, 11) is 0. The molecule has 1 saturated carbocycles. The maximum absolute atomic E-state index is 13.1. The predicted molar refractivity (Wildman–Crippen MR) is 139 cm³/mol. The number of thiophene rings is 1. The van der Waals surface area contributed by atoms with Gasteiger partial charge >= 0.3 is 0 Å². The Morgan fingerprint density at radius 2 is 2.17 bits per heavy atom. The van der Waals surface area contributed by atoms with E-state index in [1.807, 2.05) is 23.1 Å². The van der Waals surface area contributed by atoms with Crippen molar-refractivity contribution in [2.45, 2.75) is 25.8 Å². The number of carbonyl (C=O) groups excluding carboxylic acids is 2. The van der Waals surface area contributed by atoms with Gasteiger partial charge in [-0.1, -0.05) is 18.2 Å². The maximum Gasteiger partial charge on any atom is 0.268 e. The van der Waals surface area contributed by atoms with E-state index in [2.05, 4.69) is 21.4 Å². The Labute approximate surface area is 216 Å². The number of halogens is 1. The fraction of sp³-hybridized carbons (Fsp3) is 0.308. The number of oxazole rings is 1. The average Bonchev–Trinajstić information content (AvgIpc) is 3.64. The zero-order chi connectivity index (χ0) is 24.9. The van der Waals surface area contributed by atoms with Gasteiger partial charge in [-0.05, 0) is 67.0 Å². The summed E-state index contributed by atoms with van der Waals surface area (Å²) in [4.78, 5) is 37.1. The summed E-state index contributed by atoms with van der Waals surface area (Å²) in [6, 6.07) is 9.18. The normalized spacial score (nSPS) is 21.1. The third-order valence-corrected chi connectivity index (χ3v) is 8.58. The van der Waals surface area contributed by atoms with Crippen LogP contribution in [-0.2, 0) is 11.3 Å². The number of hydrogen-bond donors (Lipinski definition) is 1. The Bertz CT molecular complexity index is 1470. The van der Waals surface area contributed by atoms with Crippen LogP contribution in [-0.4, -0.2) is 44.3 Å². The monoisotopic (exact) mass is 521 g/mol. The minimum Gasteiger partial charge on any atom is -0.443 e. The van der Waals surface area contributed by atoms with Gasteiger partial charge in [0, 0.05) is 24.7 Å². The van der Waals surface area contributed by atoms with Crippen LogP contribution in [0.5, 0.6) is 0 Å². The summed E-state index contributed by atoms with van der Waals surface area (Å²) in [5, 5.41) is 3.63. The molecule has 2 amide bonds. The molecular formula is C26H24ClN5O3S. The van der Waals surface area contributed by atoms with E-state index < -0.39 is 0 Å². The summed E-state index contributed by atoms with van der Waals surface area (Å²) >= 11 is 7.65. The van der Waals surface area contributed by atoms with Crippen molar-refractivity contribution >= 4 is 51.7 Å². The van der Waals surface area contributed by atoms with Crippen molar-refractivity contribution in [3.05, 3.63) is 65.5 Å². The highest BCUT2D eigenvalue weighted by atomic mass is 35.5. The summed E-state index contributed by atoms with van der Waals surface area (Å²) < 4.78 is 7.40. The van der Waals surface area contributed by atoms with Crippen LogP contribution in [0.1, 0.15) is 28.9 Å². The zero-order valence-electron chi connectivity index (χ0n) is 19.4. The van der Waals surface area contributed by atoms with Crippen molar-refractivity contribution in [2.24, 2.45) is 11.3 Å². The third kappa shape index (κ3) is 4.12. The minimum atomic E-state index is -0.229. The fourth-order valence-corrected chi connectivity index (χ4v) is 6.63. The molecule has 2 aliphatic rings. The summed E-state index contributed by atoms with van der Waals surface area (Å²) in [6.07, 6.45) is 7.48. The molecule has 184 valence electrons. The predicted octanol–water partition coefficient (Wildman–Crippen LogP) is 5.47. The number of nitrogens with one attached hydrogen (secondary N) is 1. The van der Waals surface area contributed by atoms with Crippen molar-refractivity contribution in [1.82, 2.24) is 19.4 Å². The molecule has 1 aromatic carbocycles. The van der Waals surface area contributed by atoms with Crippen molar-refractivity contribution < 1.29 is 14.0 Å². The Kier molecular flexibility index (Phi) is 5.69. The number of amides is 2. The van der Waals surface area contributed by atoms with Gasteiger partial charge in [0.25, 0.3) is 5.91 Å². The summed E-state index contributed by atoms with van der Waals surface area (Å²) in [5.74, 6) is 1.34. The molecular weight excluding hydrogens is 498 g/mol. The van der Waals surface area contributed by atoms with Crippen molar-refractivity contribution in [3.63, 3.8) is 0 Å². The van der Waals surface area contributed by atoms with Crippen LogP contribution in [0.15, 0.2) is 60.0 Å². The van der Waals surface area contributed by atoms with E-state index in [0.29, 0.717) is 27.5 Å². The molecule has 6 rings (SSSR count). The molecule has 0 bridgehead atoms. The SMILES string of the molecule is C=CC(=O)N1CCC2(CC(Cn3c(NC(=O)c4ccc(-c5cnco5)s4)nc4ccc(Cl)cc43)C2)C1. The van der Waals surface area contributed by atoms with E-state index in [9.17, 15) is 9.59 Å². The molecule has 4 aromatic rings. The van der Waals surface area contributed by atoms with Crippen LogP contribution in [0, 0.1) is 11.3 Å². The standard InChI is InChI=1S/C26H24ClN5O3S/c1-2-23(33)31-8-7-26(14-31)10-16(11-26)13-32-19-9-17(27)3-4-18(19)29-25(32)30-24(34)22-6-5-21(36-22)20-12-28-15-35-20/h2-6,9,12,15-16H,1,7-8,10-11,13-14H2,(H,29,30,34). The molecule has 3 aromatic heterocycles. The number of benzene rings is 1. The number of anilines is 1. The first kappa shape index (κ1) is 23.0. The number of nitrogens with zero attached hydrogens (tertiary/aromatic N) is 4. The molecule has 1 aliphatic heterocycles. The van der Waals surface area contributed by atoms with Crippen molar-refractivity contribution in [1.29, 1.82) is 0 Å². The van der Waals surface area contributed by atoms with Crippen LogP contribution in [0.25, 0.3) is 21.7 Å². The molecule has 1 N–H and O–H groups in total. The van der Waals surface area contributed by atoms with Crippen LogP contribution >= 0.6 is 22.9 Å². The largest absolute Gasteiger partial charge is 0.443 e. The number of rotatable bonds is 6. The molecule has 0 unspecified atom stereocenters. The molecule has 36 heavy (non-hydrogen) atoms. The van der Waals surface area contributed by atoms with Gasteiger partial charge in [-0.3, -0.25) is 14.9 Å². The Morgan fingerprint density at radius 1 is 1.31 bits per heavy atom. The quantitative estimate of drug-likeness (QED) is 0.339. The van der Waals surface area contributed by atoms with Gasteiger partial charge in [-0.2, -0.15) is 0 Å². The molecule has 2 fully saturated rings. The van der Waals surface area contributed by atoms with E-state index in [1.54, 1.807) is 18.3 Å². The van der Waals surface area contributed by atoms with Gasteiger partial charge in [0.1, 0.15) is 0 Å². The molecule has 8 nitrogen and oxygen atoms in total. The molecule has 1 aliphatic carbocycles. The first-order chi connectivity index (χ1) is 17.4. The Balaban J connectivity index is 1.21. The average molecular weight is 522 g/mol. The number of carbonyl (C=O) groups is 2. The molecule has 1 saturated heterocycles.